The zero-order chi connectivity index (χ0) is 24.5. The van der Waals surface area contributed by atoms with Crippen molar-refractivity contribution in [2.45, 2.75) is 36.8 Å². The molecule has 8 N–H and O–H groups in total. The number of nitrogens with two attached hydrogens (primary N) is 2. The van der Waals surface area contributed by atoms with Gasteiger partial charge in [-0.3, -0.25) is 8.98 Å². The second-order valence-corrected chi connectivity index (χ2v) is 8.94. The van der Waals surface area contributed by atoms with Crippen LogP contribution in [0.1, 0.15) is 11.7 Å². The fraction of sp³-hybridized carbons (Fsp3) is 0.471. The average molecular weight is 497 g/mol. The molecule has 1 saturated heterocycles. The van der Waals surface area contributed by atoms with Crippen LogP contribution in [-0.2, 0) is 30.4 Å². The third-order valence-electron chi connectivity index (χ3n) is 5.29. The molecular formula is C17H23N9O7S. The Morgan fingerprint density at radius 2 is 2.15 bits per heavy atom. The minimum absolute atomic E-state index is 0.0267. The van der Waals surface area contributed by atoms with Crippen molar-refractivity contribution in [1.82, 2.24) is 34.2 Å². The van der Waals surface area contributed by atoms with Crippen LogP contribution >= 0.6 is 0 Å². The molecule has 1 aliphatic rings. The number of nitrogens with one attached hydrogen (secondary N) is 2. The van der Waals surface area contributed by atoms with Crippen LogP contribution in [0.15, 0.2) is 25.2 Å². The van der Waals surface area contributed by atoms with E-state index >= 15 is 0 Å². The number of anilines is 1. The van der Waals surface area contributed by atoms with E-state index in [-0.39, 0.29) is 18.8 Å². The zero-order valence-electron chi connectivity index (χ0n) is 17.6. The van der Waals surface area contributed by atoms with Crippen molar-refractivity contribution in [3.8, 4) is 0 Å². The number of hydrogen-bond donors (Lipinski definition) is 6. The molecule has 3 aromatic rings. The molecule has 34 heavy (non-hydrogen) atoms. The number of nitrogens with zero attached hydrogens (tertiary/aromatic N) is 5. The Kier molecular flexibility index (Phi) is 6.73. The number of rotatable bonds is 8. The summed E-state index contributed by atoms with van der Waals surface area (Å²) in [5, 5.41) is 21.1. The first-order valence-electron chi connectivity index (χ1n) is 10.0. The molecule has 1 aliphatic heterocycles. The fourth-order valence-corrected chi connectivity index (χ4v) is 4.25. The number of aromatic nitrogens is 6. The number of imidazole rings is 2. The van der Waals surface area contributed by atoms with Crippen molar-refractivity contribution in [3.63, 3.8) is 0 Å². The molecule has 0 aromatic carbocycles. The van der Waals surface area contributed by atoms with Gasteiger partial charge in [0.15, 0.2) is 11.5 Å². The lowest BCUT2D eigenvalue weighted by atomic mass is 9.98. The first-order chi connectivity index (χ1) is 16.2. The zero-order valence-corrected chi connectivity index (χ0v) is 18.4. The van der Waals surface area contributed by atoms with Gasteiger partial charge in [-0.05, 0) is 0 Å². The van der Waals surface area contributed by atoms with Gasteiger partial charge in [0.2, 0.25) is 0 Å². The third kappa shape index (κ3) is 4.98. The smallest absolute Gasteiger partial charge is 0.362 e. The van der Waals surface area contributed by atoms with E-state index in [1.54, 1.807) is 4.72 Å². The number of carbonyl (C=O) groups is 1. The van der Waals surface area contributed by atoms with Gasteiger partial charge in [0.25, 0.3) is 5.91 Å². The summed E-state index contributed by atoms with van der Waals surface area (Å²) in [4.78, 5) is 30.7. The molecule has 0 spiro atoms. The number of aliphatic hydroxyl groups is 2. The monoisotopic (exact) mass is 497 g/mol. The molecule has 0 aliphatic carbocycles. The molecule has 1 amide bonds. The van der Waals surface area contributed by atoms with Crippen LogP contribution in [0.4, 0.5) is 5.82 Å². The Morgan fingerprint density at radius 1 is 1.35 bits per heavy atom. The van der Waals surface area contributed by atoms with Gasteiger partial charge >= 0.3 is 10.3 Å². The van der Waals surface area contributed by atoms with Gasteiger partial charge in [-0.25, -0.2) is 24.7 Å². The number of aliphatic hydroxyl groups excluding tert-OH is 2. The van der Waals surface area contributed by atoms with Crippen LogP contribution < -0.4 is 16.2 Å². The van der Waals surface area contributed by atoms with Gasteiger partial charge in [-0.1, -0.05) is 0 Å². The average Bonchev–Trinajstić information content (AvgIpc) is 3.45. The van der Waals surface area contributed by atoms with Gasteiger partial charge in [-0.2, -0.15) is 8.42 Å². The maximum atomic E-state index is 12.1. The van der Waals surface area contributed by atoms with Crippen LogP contribution in [-0.4, -0.2) is 91.6 Å². The molecule has 0 bridgehead atoms. The van der Waals surface area contributed by atoms with Crippen molar-refractivity contribution in [2.24, 2.45) is 5.73 Å². The first-order valence-corrected chi connectivity index (χ1v) is 11.4. The van der Waals surface area contributed by atoms with Crippen LogP contribution in [0.5, 0.6) is 0 Å². The summed E-state index contributed by atoms with van der Waals surface area (Å²) in [7, 11) is -4.56. The highest BCUT2D eigenvalue weighted by atomic mass is 32.2. The molecule has 3 aromatic heterocycles. The van der Waals surface area contributed by atoms with Gasteiger partial charge in [0.1, 0.15) is 30.2 Å². The topological polar surface area (TPSA) is 246 Å². The number of nitrogen functional groups attached to an aromatic ring is 1. The maximum absolute atomic E-state index is 12.1. The number of ether oxygens (including phenoxy) is 1. The largest absolute Gasteiger partial charge is 0.388 e. The summed E-state index contributed by atoms with van der Waals surface area (Å²) < 4.78 is 37.8. The van der Waals surface area contributed by atoms with E-state index in [9.17, 15) is 23.4 Å². The number of aromatic amines is 1. The van der Waals surface area contributed by atoms with Gasteiger partial charge in [-0.15, -0.1) is 0 Å². The van der Waals surface area contributed by atoms with Crippen molar-refractivity contribution in [1.29, 1.82) is 0 Å². The molecular weight excluding hydrogens is 474 g/mol. The number of H-pyrrole nitrogens is 1. The number of amides is 1. The van der Waals surface area contributed by atoms with E-state index in [1.807, 2.05) is 0 Å². The molecule has 4 rings (SSSR count). The van der Waals surface area contributed by atoms with Crippen LogP contribution in [0, 0.1) is 0 Å². The molecule has 0 saturated carbocycles. The summed E-state index contributed by atoms with van der Waals surface area (Å²) in [6.45, 7) is -0.785. The number of fused-ring (bicyclic) bond motifs is 1. The Balaban J connectivity index is 1.34. The predicted molar refractivity (Wildman–Crippen MR) is 114 cm³/mol. The van der Waals surface area contributed by atoms with Crippen LogP contribution in [0.25, 0.3) is 11.2 Å². The Labute approximate surface area is 192 Å². The molecule has 0 radical (unpaired) electrons. The molecule has 0 unspecified atom stereocenters. The van der Waals surface area contributed by atoms with E-state index in [0.717, 1.165) is 0 Å². The summed E-state index contributed by atoms with van der Waals surface area (Å²) in [5.74, 6) is -0.841. The molecule has 1 fully saturated rings. The van der Waals surface area contributed by atoms with E-state index in [4.69, 9.17) is 20.4 Å². The highest BCUT2D eigenvalue weighted by molar-refractivity contribution is 7.85. The molecule has 4 heterocycles. The highest BCUT2D eigenvalue weighted by Crippen LogP contribution is 2.28. The predicted octanol–water partition coefficient (Wildman–Crippen LogP) is -3.26. The van der Waals surface area contributed by atoms with Crippen LogP contribution in [0.3, 0.4) is 0 Å². The number of carbonyl (C=O) groups excluding carboxylic acids is 1. The van der Waals surface area contributed by atoms with Crippen molar-refractivity contribution >= 4 is 33.2 Å². The lowest BCUT2D eigenvalue weighted by Gasteiger charge is -2.37. The lowest BCUT2D eigenvalue weighted by Crippen LogP contribution is -2.53. The van der Waals surface area contributed by atoms with E-state index in [0.29, 0.717) is 16.9 Å². The van der Waals surface area contributed by atoms with Crippen LogP contribution in [0.2, 0.25) is 0 Å². The normalized spacial score (nSPS) is 24.2. The second-order valence-electron chi connectivity index (χ2n) is 7.60. The van der Waals surface area contributed by atoms with Crippen molar-refractivity contribution in [2.75, 3.05) is 18.9 Å². The maximum Gasteiger partial charge on any atom is 0.362 e. The fourth-order valence-electron chi connectivity index (χ4n) is 3.48. The lowest BCUT2D eigenvalue weighted by molar-refractivity contribution is -0.166. The van der Waals surface area contributed by atoms with Crippen molar-refractivity contribution < 1.29 is 32.3 Å². The van der Waals surface area contributed by atoms with E-state index in [1.165, 1.54) is 29.7 Å². The highest BCUT2D eigenvalue weighted by Gasteiger charge is 2.41. The first kappa shape index (κ1) is 23.9. The molecule has 17 heteroatoms. The molecule has 184 valence electrons. The van der Waals surface area contributed by atoms with Gasteiger partial charge < -0.3 is 36.0 Å². The minimum Gasteiger partial charge on any atom is -0.388 e. The summed E-state index contributed by atoms with van der Waals surface area (Å²) >= 11 is 0. The Bertz CT molecular complexity index is 1250. The standard InChI is InChI=1S/C17H23N9O7S/c18-9(1-8-2-20-5-21-8)17(29)25-34(30,31)33-4-11-14(28)13(27)10(3-32-11)26-7-24-12-15(19)22-6-23-16(12)26/h2,5-7,9-11,13-14,27-28H,1,3-4,18H2,(H,20,21)(H,25,29)(H2,19,22,23)/t9-,10+,11+,13-,14+/m0/s1. The Morgan fingerprint density at radius 3 is 2.88 bits per heavy atom. The molecule has 5 atom stereocenters. The van der Waals surface area contributed by atoms with E-state index < -0.39 is 53.2 Å². The SMILES string of the molecule is Nc1ncnc2c1ncn2[C@@H]1CO[C@H](COS(=O)(=O)NC(=O)[C@@H](N)Cc2cnc[nH]2)[C@@H](O)[C@H]1O. The summed E-state index contributed by atoms with van der Waals surface area (Å²) in [6.07, 6.45) is 1.38. The summed E-state index contributed by atoms with van der Waals surface area (Å²) in [6, 6.07) is -1.97. The third-order valence-corrected chi connectivity index (χ3v) is 6.19. The van der Waals surface area contributed by atoms with Gasteiger partial charge in [0, 0.05) is 18.3 Å². The second kappa shape index (κ2) is 9.57. The number of hydrogen-bond acceptors (Lipinski definition) is 13. The molecule has 16 nitrogen and oxygen atoms in total. The summed E-state index contributed by atoms with van der Waals surface area (Å²) in [5.41, 5.74) is 12.7. The van der Waals surface area contributed by atoms with E-state index in [2.05, 4.69) is 24.9 Å². The Hall–Kier alpha value is -3.22. The quantitative estimate of drug-likeness (QED) is 0.179. The minimum atomic E-state index is -4.56. The van der Waals surface area contributed by atoms with Crippen molar-refractivity contribution in [3.05, 3.63) is 30.9 Å². The van der Waals surface area contributed by atoms with Gasteiger partial charge in [0.05, 0.1) is 38.0 Å².